The number of hydrogen-bond donors (Lipinski definition) is 2. The summed E-state index contributed by atoms with van der Waals surface area (Å²) in [6, 6.07) is 10.6. The number of morpholine rings is 1. The fourth-order valence-electron chi connectivity index (χ4n) is 5.42. The zero-order valence-corrected chi connectivity index (χ0v) is 22.1. The molecule has 38 heavy (non-hydrogen) atoms. The summed E-state index contributed by atoms with van der Waals surface area (Å²) in [5.41, 5.74) is 1.23. The maximum Gasteiger partial charge on any atom is 0.254 e. The van der Waals surface area contributed by atoms with Crippen LogP contribution in [0.15, 0.2) is 36.4 Å². The summed E-state index contributed by atoms with van der Waals surface area (Å²) in [7, 11) is 7.85. The molecule has 2 aromatic rings. The highest BCUT2D eigenvalue weighted by molar-refractivity contribution is 6.30. The highest BCUT2D eigenvalue weighted by atomic mass is 19.1. The van der Waals surface area contributed by atoms with Gasteiger partial charge in [0.2, 0.25) is 5.91 Å². The summed E-state index contributed by atoms with van der Waals surface area (Å²) in [6.45, 7) is 6.35. The summed E-state index contributed by atoms with van der Waals surface area (Å²) < 4.78 is 21.3. The molecule has 2 heterocycles. The molecule has 0 bridgehead atoms. The molecule has 200 valence electrons. The van der Waals surface area contributed by atoms with Gasteiger partial charge in [-0.2, -0.15) is 0 Å². The van der Waals surface area contributed by atoms with E-state index in [-0.39, 0.29) is 49.9 Å². The molecule has 3 atom stereocenters. The molecule has 10 heteroatoms. The van der Waals surface area contributed by atoms with Crippen molar-refractivity contribution in [1.82, 2.24) is 15.1 Å². The Morgan fingerprint density at radius 2 is 1.87 bits per heavy atom. The quantitative estimate of drug-likeness (QED) is 0.370. The van der Waals surface area contributed by atoms with Crippen molar-refractivity contribution in [2.24, 2.45) is 0 Å². The van der Waals surface area contributed by atoms with Crippen molar-refractivity contribution in [2.75, 3.05) is 25.5 Å². The number of rotatable bonds is 10. The molecule has 2 aromatic carbocycles. The zero-order chi connectivity index (χ0) is 27.4. The first-order valence-corrected chi connectivity index (χ1v) is 12.9. The number of benzene rings is 2. The lowest BCUT2D eigenvalue weighted by atomic mass is 9.71. The van der Waals surface area contributed by atoms with Gasteiger partial charge in [-0.25, -0.2) is 4.39 Å². The number of carbonyl (C=O) groups excluding carboxylic acids is 3. The molecule has 0 aromatic heterocycles. The average molecular weight is 520 g/mol. The maximum atomic E-state index is 15.5. The lowest BCUT2D eigenvalue weighted by Gasteiger charge is -2.37. The van der Waals surface area contributed by atoms with Crippen molar-refractivity contribution in [3.05, 3.63) is 64.5 Å². The van der Waals surface area contributed by atoms with Crippen LogP contribution in [0.1, 0.15) is 53.7 Å². The van der Waals surface area contributed by atoms with Crippen molar-refractivity contribution in [2.45, 2.75) is 64.0 Å². The average Bonchev–Trinajstić information content (AvgIpc) is 3.24. The molecule has 0 aliphatic carbocycles. The van der Waals surface area contributed by atoms with Crippen LogP contribution in [-0.2, 0) is 34.0 Å². The van der Waals surface area contributed by atoms with Gasteiger partial charge in [0.1, 0.15) is 19.9 Å². The number of amides is 2. The van der Waals surface area contributed by atoms with Gasteiger partial charge in [0.05, 0.1) is 17.6 Å². The molecule has 2 aliphatic heterocycles. The number of fused-ring (bicyclic) bond motifs is 1. The van der Waals surface area contributed by atoms with Gasteiger partial charge in [-0.1, -0.05) is 24.3 Å². The standard InChI is InChI=1S/C28H34BFN4O4/c1-18-14-33(15-19(2)38-18)16-21-8-4-7-20(25(21)30)13-32-24-10-5-9-22-23(24)17-34(26(22)36)28(29,11-6-12-35)27(37)31-3/h4-5,7-10,12,18-19,32H,6,11,13-17H2,1-3H3,(H,31,37). The van der Waals surface area contributed by atoms with Gasteiger partial charge in [-0.05, 0) is 32.4 Å². The molecule has 1 saturated heterocycles. The van der Waals surface area contributed by atoms with Crippen LogP contribution in [-0.4, -0.2) is 73.5 Å². The maximum absolute atomic E-state index is 15.5. The Morgan fingerprint density at radius 1 is 1.18 bits per heavy atom. The van der Waals surface area contributed by atoms with Gasteiger partial charge >= 0.3 is 0 Å². The van der Waals surface area contributed by atoms with E-state index in [9.17, 15) is 14.4 Å². The first-order chi connectivity index (χ1) is 18.2. The van der Waals surface area contributed by atoms with Crippen LogP contribution in [0.2, 0.25) is 0 Å². The van der Waals surface area contributed by atoms with Crippen LogP contribution in [0.5, 0.6) is 0 Å². The van der Waals surface area contributed by atoms with Crippen molar-refractivity contribution < 1.29 is 23.5 Å². The molecule has 8 nitrogen and oxygen atoms in total. The summed E-state index contributed by atoms with van der Waals surface area (Å²) in [5.74, 6) is -1.19. The molecule has 2 aliphatic rings. The van der Waals surface area contributed by atoms with Gasteiger partial charge < -0.3 is 25.1 Å². The van der Waals surface area contributed by atoms with Crippen LogP contribution < -0.4 is 10.6 Å². The number of halogens is 1. The van der Waals surface area contributed by atoms with E-state index in [0.29, 0.717) is 40.8 Å². The highest BCUT2D eigenvalue weighted by Gasteiger charge is 2.45. The fraction of sp³-hybridized carbons (Fsp3) is 0.464. The molecule has 2 N–H and O–H groups in total. The second-order valence-corrected chi connectivity index (χ2v) is 10.1. The van der Waals surface area contributed by atoms with Crippen LogP contribution >= 0.6 is 0 Å². The molecular formula is C28H34BFN4O4. The normalized spacial score (nSPS) is 21.1. The molecule has 1 fully saturated rings. The zero-order valence-electron chi connectivity index (χ0n) is 22.1. The molecule has 4 rings (SSSR count). The van der Waals surface area contributed by atoms with Crippen molar-refractivity contribution in [1.29, 1.82) is 0 Å². The minimum Gasteiger partial charge on any atom is -0.381 e. The third-order valence-corrected chi connectivity index (χ3v) is 7.23. The number of nitrogens with zero attached hydrogens (tertiary/aromatic N) is 2. The van der Waals surface area contributed by atoms with Crippen LogP contribution in [0, 0.1) is 5.82 Å². The minimum absolute atomic E-state index is 0.00261. The monoisotopic (exact) mass is 520 g/mol. The Labute approximate surface area is 224 Å². The Hall–Kier alpha value is -3.24. The lowest BCUT2D eigenvalue weighted by Crippen LogP contribution is -2.59. The van der Waals surface area contributed by atoms with Crippen LogP contribution in [0.4, 0.5) is 10.1 Å². The van der Waals surface area contributed by atoms with E-state index >= 15 is 4.39 Å². The largest absolute Gasteiger partial charge is 0.381 e. The van der Waals surface area contributed by atoms with E-state index in [1.54, 1.807) is 24.3 Å². The molecule has 2 radical (unpaired) electrons. The summed E-state index contributed by atoms with van der Waals surface area (Å²) in [4.78, 5) is 40.4. The van der Waals surface area contributed by atoms with Crippen molar-refractivity contribution >= 4 is 31.6 Å². The molecule has 0 spiro atoms. The Balaban J connectivity index is 1.51. The number of aldehydes is 1. The van der Waals surface area contributed by atoms with E-state index < -0.39 is 11.3 Å². The first kappa shape index (κ1) is 27.8. The summed E-state index contributed by atoms with van der Waals surface area (Å²) in [5, 5.41) is 5.78. The third-order valence-electron chi connectivity index (χ3n) is 7.23. The Morgan fingerprint density at radius 3 is 2.55 bits per heavy atom. The number of hydrogen-bond acceptors (Lipinski definition) is 6. The summed E-state index contributed by atoms with van der Waals surface area (Å²) in [6.07, 6.45) is 0.907. The van der Waals surface area contributed by atoms with E-state index in [2.05, 4.69) is 15.5 Å². The van der Waals surface area contributed by atoms with Crippen molar-refractivity contribution in [3.8, 4) is 0 Å². The van der Waals surface area contributed by atoms with E-state index in [0.717, 1.165) is 13.1 Å². The fourth-order valence-corrected chi connectivity index (χ4v) is 5.42. The lowest BCUT2D eigenvalue weighted by molar-refractivity contribution is -0.127. The van der Waals surface area contributed by atoms with Gasteiger partial charge in [0.25, 0.3) is 5.91 Å². The molecule has 3 unspecified atom stereocenters. The van der Waals surface area contributed by atoms with E-state index in [1.165, 1.54) is 11.9 Å². The first-order valence-electron chi connectivity index (χ1n) is 12.9. The molecule has 2 amide bonds. The van der Waals surface area contributed by atoms with E-state index in [4.69, 9.17) is 12.6 Å². The third kappa shape index (κ3) is 5.61. The van der Waals surface area contributed by atoms with Gasteiger partial charge in [0.15, 0.2) is 0 Å². The Kier molecular flexibility index (Phi) is 8.52. The predicted octanol–water partition coefficient (Wildman–Crippen LogP) is 2.59. The van der Waals surface area contributed by atoms with Crippen LogP contribution in [0.3, 0.4) is 0 Å². The Bertz CT molecular complexity index is 1200. The van der Waals surface area contributed by atoms with Crippen molar-refractivity contribution in [3.63, 3.8) is 0 Å². The second-order valence-electron chi connectivity index (χ2n) is 10.1. The molecule has 0 saturated carbocycles. The molecular weight excluding hydrogens is 486 g/mol. The second kappa shape index (κ2) is 11.7. The van der Waals surface area contributed by atoms with Gasteiger partial charge in [-0.15, -0.1) is 0 Å². The van der Waals surface area contributed by atoms with Crippen LogP contribution in [0.25, 0.3) is 0 Å². The minimum atomic E-state index is -1.67. The number of likely N-dealkylation sites (N-methyl/N-ethyl adjacent to an activating group) is 1. The number of ether oxygens (including phenoxy) is 1. The van der Waals surface area contributed by atoms with Gasteiger partial charge in [0, 0.05) is 74.1 Å². The number of anilines is 1. The number of nitrogens with one attached hydrogen (secondary N) is 2. The predicted molar refractivity (Wildman–Crippen MR) is 143 cm³/mol. The highest BCUT2D eigenvalue weighted by Crippen LogP contribution is 2.35. The summed E-state index contributed by atoms with van der Waals surface area (Å²) >= 11 is 0. The topological polar surface area (TPSA) is 91.0 Å². The van der Waals surface area contributed by atoms with Gasteiger partial charge in [-0.3, -0.25) is 14.5 Å². The van der Waals surface area contributed by atoms with E-state index in [1.807, 2.05) is 26.0 Å². The SMILES string of the molecule is [B]C(CCC=O)(C(=O)NC)N1Cc2c(NCc3cccc(CN4CC(C)OC(C)C4)c3F)cccc2C1=O. The number of carbonyl (C=O) groups is 3. The smallest absolute Gasteiger partial charge is 0.254 e.